The number of hydrogen-bond acceptors (Lipinski definition) is 4. The lowest BCUT2D eigenvalue weighted by atomic mass is 9.92. The Hall–Kier alpha value is -1.66. The molecule has 0 spiro atoms. The van der Waals surface area contributed by atoms with E-state index in [-0.39, 0.29) is 22.9 Å². The maximum absolute atomic E-state index is 12.5. The number of carbonyl (C=O) groups excluding carboxylic acids is 1. The lowest BCUT2D eigenvalue weighted by Gasteiger charge is -2.38. The summed E-state index contributed by atoms with van der Waals surface area (Å²) in [7, 11) is 1.84. The number of amides is 1. The Bertz CT molecular complexity index is 631. The summed E-state index contributed by atoms with van der Waals surface area (Å²) in [6, 6.07) is 1.78. The molecule has 1 aromatic heterocycles. The zero-order valence-electron chi connectivity index (χ0n) is 15.9. The molecule has 140 valence electrons. The second-order valence-electron chi connectivity index (χ2n) is 6.81. The maximum atomic E-state index is 12.5. The zero-order chi connectivity index (χ0) is 18.4. The first-order valence-electron chi connectivity index (χ1n) is 9.25. The average molecular weight is 349 g/mol. The number of aryl methyl sites for hydroxylation is 2. The van der Waals surface area contributed by atoms with Gasteiger partial charge in [0.2, 0.25) is 0 Å². The lowest BCUT2D eigenvalue weighted by Crippen LogP contribution is -2.52. The summed E-state index contributed by atoms with van der Waals surface area (Å²) in [4.78, 5) is 27.1. The molecule has 25 heavy (non-hydrogen) atoms. The topological polar surface area (TPSA) is 63.6 Å². The van der Waals surface area contributed by atoms with Crippen molar-refractivity contribution >= 4 is 5.91 Å². The molecule has 1 amide bonds. The van der Waals surface area contributed by atoms with Gasteiger partial charge in [-0.05, 0) is 12.8 Å². The van der Waals surface area contributed by atoms with E-state index in [9.17, 15) is 9.59 Å². The van der Waals surface area contributed by atoms with Crippen LogP contribution in [-0.2, 0) is 11.8 Å². The Morgan fingerprint density at radius 2 is 1.92 bits per heavy atom. The van der Waals surface area contributed by atoms with Crippen LogP contribution in [0.4, 0.5) is 0 Å². The van der Waals surface area contributed by atoms with Crippen LogP contribution in [0.3, 0.4) is 0 Å². The molecule has 1 saturated heterocycles. The van der Waals surface area contributed by atoms with Gasteiger partial charge in [0, 0.05) is 50.7 Å². The van der Waals surface area contributed by atoms with Gasteiger partial charge in [0.05, 0.1) is 13.2 Å². The summed E-state index contributed by atoms with van der Waals surface area (Å²) in [6.45, 7) is 10.1. The fraction of sp³-hybridized carbons (Fsp3) is 0.684. The van der Waals surface area contributed by atoms with Gasteiger partial charge in [-0.3, -0.25) is 14.5 Å². The molecule has 1 N–H and O–H groups in total. The van der Waals surface area contributed by atoms with Crippen molar-refractivity contribution in [2.24, 2.45) is 13.0 Å². The molecule has 0 bridgehead atoms. The van der Waals surface area contributed by atoms with E-state index < -0.39 is 0 Å². The highest BCUT2D eigenvalue weighted by Gasteiger charge is 2.27. The van der Waals surface area contributed by atoms with Gasteiger partial charge in [-0.1, -0.05) is 26.7 Å². The van der Waals surface area contributed by atoms with Crippen molar-refractivity contribution < 1.29 is 9.53 Å². The number of nitrogens with one attached hydrogen (secondary N) is 1. The summed E-state index contributed by atoms with van der Waals surface area (Å²) >= 11 is 0. The Balaban J connectivity index is 2.10. The van der Waals surface area contributed by atoms with Crippen molar-refractivity contribution in [2.45, 2.75) is 39.7 Å². The van der Waals surface area contributed by atoms with Gasteiger partial charge in [0.25, 0.3) is 5.91 Å². The molecule has 0 radical (unpaired) electrons. The predicted octanol–water partition coefficient (Wildman–Crippen LogP) is 1.56. The molecule has 2 rings (SSSR count). The van der Waals surface area contributed by atoms with E-state index in [0.29, 0.717) is 12.5 Å². The van der Waals surface area contributed by atoms with Crippen molar-refractivity contribution in [2.75, 3.05) is 32.8 Å². The molecule has 6 nitrogen and oxygen atoms in total. The summed E-state index contributed by atoms with van der Waals surface area (Å²) in [5, 5.41) is 3.00. The SMILES string of the molecule is CCC(CC)[C@@H](CNC(=O)c1cn(C)c(C)cc1=O)N1CCOCC1. The third-order valence-electron chi connectivity index (χ3n) is 5.31. The van der Waals surface area contributed by atoms with Crippen LogP contribution < -0.4 is 10.7 Å². The molecular weight excluding hydrogens is 318 g/mol. The number of pyridine rings is 1. The Morgan fingerprint density at radius 1 is 1.28 bits per heavy atom. The van der Waals surface area contributed by atoms with Gasteiger partial charge in [-0.2, -0.15) is 0 Å². The maximum Gasteiger partial charge on any atom is 0.256 e. The number of carbonyl (C=O) groups is 1. The van der Waals surface area contributed by atoms with Crippen molar-refractivity contribution in [1.82, 2.24) is 14.8 Å². The van der Waals surface area contributed by atoms with Gasteiger partial charge in [-0.25, -0.2) is 0 Å². The number of ether oxygens (including phenoxy) is 1. The minimum atomic E-state index is -0.287. The quantitative estimate of drug-likeness (QED) is 0.811. The van der Waals surface area contributed by atoms with E-state index >= 15 is 0 Å². The molecule has 6 heteroatoms. The van der Waals surface area contributed by atoms with Crippen LogP contribution in [-0.4, -0.2) is 54.3 Å². The Labute approximate surface area is 150 Å². The second-order valence-corrected chi connectivity index (χ2v) is 6.81. The Kier molecular flexibility index (Phi) is 7.20. The second kappa shape index (κ2) is 9.15. The van der Waals surface area contributed by atoms with Crippen molar-refractivity contribution in [3.63, 3.8) is 0 Å². The molecule has 1 atom stereocenters. The molecule has 0 saturated carbocycles. The molecule has 0 aromatic carbocycles. The van der Waals surface area contributed by atoms with Crippen LogP contribution in [0.5, 0.6) is 0 Å². The summed E-state index contributed by atoms with van der Waals surface area (Å²) in [6.07, 6.45) is 3.76. The van der Waals surface area contributed by atoms with Crippen LogP contribution in [0, 0.1) is 12.8 Å². The molecule has 1 aromatic rings. The largest absolute Gasteiger partial charge is 0.379 e. The molecule has 1 aliphatic rings. The standard InChI is InChI=1S/C19H31N3O3/c1-5-15(6-2)17(22-7-9-25-10-8-22)12-20-19(24)16-13-21(4)14(3)11-18(16)23/h11,13,15,17H,5-10,12H2,1-4H3,(H,20,24)/t17-/m1/s1. The number of rotatable bonds is 7. The fourth-order valence-electron chi connectivity index (χ4n) is 3.53. The van der Waals surface area contributed by atoms with Gasteiger partial charge in [0.15, 0.2) is 5.43 Å². The lowest BCUT2D eigenvalue weighted by molar-refractivity contribution is 0.00191. The van der Waals surface area contributed by atoms with E-state index in [1.165, 1.54) is 6.07 Å². The fourth-order valence-corrected chi connectivity index (χ4v) is 3.53. The smallest absolute Gasteiger partial charge is 0.256 e. The minimum absolute atomic E-state index is 0.207. The van der Waals surface area contributed by atoms with E-state index in [1.54, 1.807) is 10.8 Å². The molecule has 0 aliphatic carbocycles. The first-order valence-corrected chi connectivity index (χ1v) is 9.25. The number of aromatic nitrogens is 1. The monoisotopic (exact) mass is 349 g/mol. The number of hydrogen-bond donors (Lipinski definition) is 1. The van der Waals surface area contributed by atoms with Gasteiger partial charge in [-0.15, -0.1) is 0 Å². The molecule has 2 heterocycles. The summed E-state index contributed by atoms with van der Waals surface area (Å²) in [5.74, 6) is 0.226. The molecule has 1 aliphatic heterocycles. The first-order chi connectivity index (χ1) is 12.0. The van der Waals surface area contributed by atoms with Gasteiger partial charge >= 0.3 is 0 Å². The highest BCUT2D eigenvalue weighted by molar-refractivity contribution is 5.93. The molecule has 0 unspecified atom stereocenters. The van der Waals surface area contributed by atoms with Crippen LogP contribution in [0.15, 0.2) is 17.1 Å². The van der Waals surface area contributed by atoms with E-state index in [1.807, 2.05) is 14.0 Å². The van der Waals surface area contributed by atoms with Crippen LogP contribution in [0.2, 0.25) is 0 Å². The first kappa shape index (κ1) is 19.7. The normalized spacial score (nSPS) is 16.8. The van der Waals surface area contributed by atoms with E-state index in [2.05, 4.69) is 24.1 Å². The highest BCUT2D eigenvalue weighted by atomic mass is 16.5. The third-order valence-corrected chi connectivity index (χ3v) is 5.31. The summed E-state index contributed by atoms with van der Waals surface area (Å²) in [5.41, 5.74) is 0.821. The molecule has 1 fully saturated rings. The predicted molar refractivity (Wildman–Crippen MR) is 99.0 cm³/mol. The van der Waals surface area contributed by atoms with E-state index in [4.69, 9.17) is 4.74 Å². The van der Waals surface area contributed by atoms with Crippen LogP contribution in [0.1, 0.15) is 42.7 Å². The minimum Gasteiger partial charge on any atom is -0.379 e. The van der Waals surface area contributed by atoms with Gasteiger partial charge in [0.1, 0.15) is 5.56 Å². The molecular formula is C19H31N3O3. The van der Waals surface area contributed by atoms with Gasteiger partial charge < -0.3 is 14.6 Å². The van der Waals surface area contributed by atoms with Crippen molar-refractivity contribution in [3.05, 3.63) is 33.7 Å². The number of morpholine rings is 1. The Morgan fingerprint density at radius 3 is 2.52 bits per heavy atom. The summed E-state index contributed by atoms with van der Waals surface area (Å²) < 4.78 is 7.26. The van der Waals surface area contributed by atoms with Crippen LogP contribution in [0.25, 0.3) is 0 Å². The van der Waals surface area contributed by atoms with Crippen LogP contribution >= 0.6 is 0 Å². The average Bonchev–Trinajstić information content (AvgIpc) is 2.62. The third kappa shape index (κ3) is 4.92. The van der Waals surface area contributed by atoms with Crippen molar-refractivity contribution in [1.29, 1.82) is 0 Å². The zero-order valence-corrected chi connectivity index (χ0v) is 15.9. The highest BCUT2D eigenvalue weighted by Crippen LogP contribution is 2.19. The van der Waals surface area contributed by atoms with E-state index in [0.717, 1.165) is 44.8 Å². The number of nitrogens with zero attached hydrogens (tertiary/aromatic N) is 2. The van der Waals surface area contributed by atoms with Crippen molar-refractivity contribution in [3.8, 4) is 0 Å².